The van der Waals surface area contributed by atoms with Gasteiger partial charge in [0.15, 0.2) is 0 Å². The fourth-order valence-corrected chi connectivity index (χ4v) is 4.68. The van der Waals surface area contributed by atoms with Gasteiger partial charge in [0.05, 0.1) is 9.83 Å². The lowest BCUT2D eigenvalue weighted by atomic mass is 10.0. The standard InChI is InChI=1S/C14H24BrN3S/c1-4-17-7-8-18(9-10(17)2)14(11(3)16)12-5-6-13(15)19-12/h5-6,10-11,14H,4,7-9,16H2,1-3H3. The molecule has 1 saturated heterocycles. The molecular weight excluding hydrogens is 322 g/mol. The van der Waals surface area contributed by atoms with Crippen LogP contribution >= 0.6 is 27.3 Å². The lowest BCUT2D eigenvalue weighted by molar-refractivity contribution is 0.0528. The Morgan fingerprint density at radius 3 is 2.68 bits per heavy atom. The molecule has 0 radical (unpaired) electrons. The van der Waals surface area contributed by atoms with Crippen molar-refractivity contribution in [3.05, 3.63) is 20.8 Å². The van der Waals surface area contributed by atoms with E-state index >= 15 is 0 Å². The molecule has 0 amide bonds. The molecule has 1 fully saturated rings. The van der Waals surface area contributed by atoms with Gasteiger partial charge in [-0.15, -0.1) is 11.3 Å². The van der Waals surface area contributed by atoms with Gasteiger partial charge in [-0.25, -0.2) is 0 Å². The summed E-state index contributed by atoms with van der Waals surface area (Å²) < 4.78 is 1.19. The highest BCUT2D eigenvalue weighted by Gasteiger charge is 2.31. The Hall–Kier alpha value is 0.0600. The Morgan fingerprint density at radius 2 is 2.21 bits per heavy atom. The predicted molar refractivity (Wildman–Crippen MR) is 86.7 cm³/mol. The summed E-state index contributed by atoms with van der Waals surface area (Å²) in [5, 5.41) is 0. The van der Waals surface area contributed by atoms with Crippen molar-refractivity contribution < 1.29 is 0 Å². The molecule has 0 aliphatic carbocycles. The molecule has 2 heterocycles. The monoisotopic (exact) mass is 345 g/mol. The average Bonchev–Trinajstić information content (AvgIpc) is 2.75. The van der Waals surface area contributed by atoms with Gasteiger partial charge in [0.2, 0.25) is 0 Å². The molecule has 0 saturated carbocycles. The zero-order valence-corrected chi connectivity index (χ0v) is 14.4. The van der Waals surface area contributed by atoms with E-state index in [0.717, 1.165) is 26.2 Å². The minimum absolute atomic E-state index is 0.158. The Morgan fingerprint density at radius 1 is 1.47 bits per heavy atom. The summed E-state index contributed by atoms with van der Waals surface area (Å²) in [7, 11) is 0. The molecule has 0 spiro atoms. The first kappa shape index (κ1) is 15.4. The molecule has 108 valence electrons. The number of piperazine rings is 1. The highest BCUT2D eigenvalue weighted by atomic mass is 79.9. The van der Waals surface area contributed by atoms with Crippen molar-refractivity contribution >= 4 is 27.3 Å². The molecule has 0 aromatic carbocycles. The summed E-state index contributed by atoms with van der Waals surface area (Å²) in [6.45, 7) is 11.2. The molecule has 1 aliphatic rings. The van der Waals surface area contributed by atoms with E-state index in [0.29, 0.717) is 12.1 Å². The van der Waals surface area contributed by atoms with E-state index in [4.69, 9.17) is 5.73 Å². The normalized spacial score (nSPS) is 25.4. The van der Waals surface area contributed by atoms with E-state index in [1.807, 2.05) is 0 Å². The van der Waals surface area contributed by atoms with Gasteiger partial charge in [0, 0.05) is 36.6 Å². The van der Waals surface area contributed by atoms with Crippen molar-refractivity contribution in [3.63, 3.8) is 0 Å². The summed E-state index contributed by atoms with van der Waals surface area (Å²) in [4.78, 5) is 6.47. The van der Waals surface area contributed by atoms with Crippen LogP contribution in [0.25, 0.3) is 0 Å². The first-order valence-corrected chi connectivity index (χ1v) is 8.62. The second kappa shape index (κ2) is 6.68. The Balaban J connectivity index is 2.13. The molecule has 3 nitrogen and oxygen atoms in total. The molecule has 2 N–H and O–H groups in total. The van der Waals surface area contributed by atoms with E-state index < -0.39 is 0 Å². The molecule has 3 atom stereocenters. The first-order chi connectivity index (χ1) is 9.02. The zero-order valence-electron chi connectivity index (χ0n) is 12.0. The maximum Gasteiger partial charge on any atom is 0.0702 e. The molecule has 2 rings (SSSR count). The number of hydrogen-bond acceptors (Lipinski definition) is 4. The van der Waals surface area contributed by atoms with Crippen LogP contribution in [0.1, 0.15) is 31.7 Å². The van der Waals surface area contributed by atoms with Crippen LogP contribution < -0.4 is 5.73 Å². The van der Waals surface area contributed by atoms with Crippen molar-refractivity contribution in [3.8, 4) is 0 Å². The predicted octanol–water partition coefficient (Wildman–Crippen LogP) is 2.92. The van der Waals surface area contributed by atoms with Crippen molar-refractivity contribution in [2.24, 2.45) is 5.73 Å². The fraction of sp³-hybridized carbons (Fsp3) is 0.714. The maximum absolute atomic E-state index is 6.26. The quantitative estimate of drug-likeness (QED) is 0.910. The Labute approximate surface area is 128 Å². The highest BCUT2D eigenvalue weighted by Crippen LogP contribution is 2.33. The van der Waals surface area contributed by atoms with Crippen LogP contribution in [0.15, 0.2) is 15.9 Å². The van der Waals surface area contributed by atoms with Crippen LogP contribution in [0.5, 0.6) is 0 Å². The van der Waals surface area contributed by atoms with E-state index in [1.165, 1.54) is 8.66 Å². The molecule has 1 aromatic heterocycles. The van der Waals surface area contributed by atoms with E-state index in [2.05, 4.69) is 58.6 Å². The lowest BCUT2D eigenvalue weighted by Gasteiger charge is -2.43. The molecule has 19 heavy (non-hydrogen) atoms. The number of nitrogens with two attached hydrogens (primary N) is 1. The third-order valence-corrected chi connectivity index (χ3v) is 5.67. The van der Waals surface area contributed by atoms with Crippen LogP contribution in [0, 0.1) is 0 Å². The third-order valence-electron chi connectivity index (χ3n) is 3.98. The molecule has 3 unspecified atom stereocenters. The third kappa shape index (κ3) is 3.58. The van der Waals surface area contributed by atoms with E-state index in [9.17, 15) is 0 Å². The van der Waals surface area contributed by atoms with Gasteiger partial charge in [-0.05, 0) is 48.5 Å². The summed E-state index contributed by atoms with van der Waals surface area (Å²) in [5.74, 6) is 0. The van der Waals surface area contributed by atoms with Crippen molar-refractivity contribution in [2.45, 2.75) is 38.9 Å². The smallest absolute Gasteiger partial charge is 0.0702 e. The SMILES string of the molecule is CCN1CCN(C(c2ccc(Br)s2)C(C)N)CC1C. The zero-order chi connectivity index (χ0) is 14.0. The van der Waals surface area contributed by atoms with Crippen molar-refractivity contribution in [1.29, 1.82) is 0 Å². The van der Waals surface area contributed by atoms with Crippen LogP contribution in [0.3, 0.4) is 0 Å². The van der Waals surface area contributed by atoms with Gasteiger partial charge in [0.1, 0.15) is 0 Å². The lowest BCUT2D eigenvalue weighted by Crippen LogP contribution is -2.54. The number of halogens is 1. The number of likely N-dealkylation sites (N-methyl/N-ethyl adjacent to an activating group) is 1. The highest BCUT2D eigenvalue weighted by molar-refractivity contribution is 9.11. The number of rotatable bonds is 4. The number of thiophene rings is 1. The minimum atomic E-state index is 0.158. The number of nitrogens with zero attached hydrogens (tertiary/aromatic N) is 2. The second-order valence-corrected chi connectivity index (χ2v) is 7.91. The van der Waals surface area contributed by atoms with E-state index in [-0.39, 0.29) is 6.04 Å². The summed E-state index contributed by atoms with van der Waals surface area (Å²) >= 11 is 5.36. The Kier molecular flexibility index (Phi) is 5.43. The summed E-state index contributed by atoms with van der Waals surface area (Å²) in [6, 6.07) is 5.45. The second-order valence-electron chi connectivity index (χ2n) is 5.42. The molecule has 1 aliphatic heterocycles. The maximum atomic E-state index is 6.26. The largest absolute Gasteiger partial charge is 0.326 e. The van der Waals surface area contributed by atoms with Gasteiger partial charge in [-0.1, -0.05) is 6.92 Å². The molecule has 5 heteroatoms. The van der Waals surface area contributed by atoms with Crippen LogP contribution in [-0.2, 0) is 0 Å². The average molecular weight is 346 g/mol. The van der Waals surface area contributed by atoms with Gasteiger partial charge in [0.25, 0.3) is 0 Å². The van der Waals surface area contributed by atoms with Crippen LogP contribution in [-0.4, -0.2) is 48.1 Å². The molecular formula is C14H24BrN3S. The van der Waals surface area contributed by atoms with Crippen molar-refractivity contribution in [1.82, 2.24) is 9.80 Å². The summed E-state index contributed by atoms with van der Waals surface area (Å²) in [6.07, 6.45) is 0. The van der Waals surface area contributed by atoms with Gasteiger partial charge < -0.3 is 5.73 Å². The minimum Gasteiger partial charge on any atom is -0.326 e. The topological polar surface area (TPSA) is 32.5 Å². The van der Waals surface area contributed by atoms with Gasteiger partial charge >= 0.3 is 0 Å². The summed E-state index contributed by atoms with van der Waals surface area (Å²) in [5.41, 5.74) is 6.26. The van der Waals surface area contributed by atoms with Crippen LogP contribution in [0.4, 0.5) is 0 Å². The van der Waals surface area contributed by atoms with Crippen molar-refractivity contribution in [2.75, 3.05) is 26.2 Å². The van der Waals surface area contributed by atoms with Crippen LogP contribution in [0.2, 0.25) is 0 Å². The first-order valence-electron chi connectivity index (χ1n) is 7.01. The van der Waals surface area contributed by atoms with Gasteiger partial charge in [-0.2, -0.15) is 0 Å². The fourth-order valence-electron chi connectivity index (χ4n) is 3.00. The van der Waals surface area contributed by atoms with Gasteiger partial charge in [-0.3, -0.25) is 9.80 Å². The number of hydrogen-bond donors (Lipinski definition) is 1. The molecule has 0 bridgehead atoms. The van der Waals surface area contributed by atoms with E-state index in [1.54, 1.807) is 11.3 Å². The Bertz CT molecular complexity index is 407. The molecule has 1 aromatic rings.